The highest BCUT2D eigenvalue weighted by molar-refractivity contribution is 5.72. The van der Waals surface area contributed by atoms with Gasteiger partial charge in [-0.3, -0.25) is 4.79 Å². The van der Waals surface area contributed by atoms with Gasteiger partial charge in [0.2, 0.25) is 0 Å². The minimum absolute atomic E-state index is 0.0181. The van der Waals surface area contributed by atoms with Gasteiger partial charge < -0.3 is 4.74 Å². The van der Waals surface area contributed by atoms with E-state index in [2.05, 4.69) is 32.0 Å². The van der Waals surface area contributed by atoms with Crippen molar-refractivity contribution in [2.75, 3.05) is 0 Å². The molecule has 2 nitrogen and oxygen atoms in total. The second kappa shape index (κ2) is 4.74. The summed E-state index contributed by atoms with van der Waals surface area (Å²) in [6.07, 6.45) is 3.74. The van der Waals surface area contributed by atoms with Crippen LogP contribution in [0.5, 0.6) is 5.75 Å². The molecule has 0 amide bonds. The summed E-state index contributed by atoms with van der Waals surface area (Å²) in [5, 5.41) is 0. The van der Waals surface area contributed by atoms with Crippen molar-refractivity contribution in [3.8, 4) is 5.75 Å². The first-order valence-corrected chi connectivity index (χ1v) is 6.01. The largest absolute Gasteiger partial charge is 0.486 e. The molecule has 1 aliphatic heterocycles. The molecule has 0 bridgehead atoms. The van der Waals surface area contributed by atoms with E-state index in [-0.39, 0.29) is 6.10 Å². The maximum Gasteiger partial charge on any atom is 0.145 e. The molecule has 1 aromatic rings. The Bertz CT molecular complexity index is 460. The van der Waals surface area contributed by atoms with Crippen LogP contribution in [0.4, 0.5) is 0 Å². The number of fused-ring (bicyclic) bond motifs is 1. The molecule has 2 rings (SSSR count). The van der Waals surface area contributed by atoms with E-state index in [0.29, 0.717) is 5.92 Å². The van der Waals surface area contributed by atoms with Crippen molar-refractivity contribution < 1.29 is 9.53 Å². The highest BCUT2D eigenvalue weighted by Gasteiger charge is 2.24. The Kier molecular flexibility index (Phi) is 3.32. The van der Waals surface area contributed by atoms with Gasteiger partial charge in [-0.15, -0.1) is 0 Å². The molecule has 0 saturated carbocycles. The van der Waals surface area contributed by atoms with Gasteiger partial charge in [-0.1, -0.05) is 19.1 Å². The predicted molar refractivity (Wildman–Crippen MR) is 68.4 cm³/mol. The lowest BCUT2D eigenvalue weighted by Gasteiger charge is -2.29. The Balaban J connectivity index is 2.28. The SMILES string of the molecule is CC(C=O)=CC1CC(C)c2ccc(C)cc2O1. The Labute approximate surface area is 102 Å². The smallest absolute Gasteiger partial charge is 0.145 e. The summed E-state index contributed by atoms with van der Waals surface area (Å²) >= 11 is 0. The lowest BCUT2D eigenvalue weighted by molar-refractivity contribution is -0.104. The summed E-state index contributed by atoms with van der Waals surface area (Å²) in [6.45, 7) is 6.07. The van der Waals surface area contributed by atoms with Crippen molar-refractivity contribution in [3.63, 3.8) is 0 Å². The van der Waals surface area contributed by atoms with E-state index in [1.165, 1.54) is 11.1 Å². The number of ether oxygens (including phenoxy) is 1. The molecule has 90 valence electrons. The monoisotopic (exact) mass is 230 g/mol. The van der Waals surface area contributed by atoms with Crippen molar-refractivity contribution >= 4 is 6.29 Å². The number of aldehydes is 1. The zero-order chi connectivity index (χ0) is 12.4. The van der Waals surface area contributed by atoms with Gasteiger partial charge in [0.15, 0.2) is 0 Å². The maximum atomic E-state index is 10.6. The summed E-state index contributed by atoms with van der Waals surface area (Å²) in [4.78, 5) is 10.6. The van der Waals surface area contributed by atoms with Gasteiger partial charge in [0.25, 0.3) is 0 Å². The van der Waals surface area contributed by atoms with Crippen LogP contribution >= 0.6 is 0 Å². The second-order valence-electron chi connectivity index (χ2n) is 4.86. The van der Waals surface area contributed by atoms with Crippen molar-refractivity contribution in [2.24, 2.45) is 0 Å². The Hall–Kier alpha value is -1.57. The van der Waals surface area contributed by atoms with Crippen molar-refractivity contribution in [1.82, 2.24) is 0 Å². The third-order valence-electron chi connectivity index (χ3n) is 3.20. The van der Waals surface area contributed by atoms with Crippen LogP contribution in [0, 0.1) is 6.92 Å². The van der Waals surface area contributed by atoms with Gasteiger partial charge in [-0.2, -0.15) is 0 Å². The molecule has 0 aromatic heterocycles. The van der Waals surface area contributed by atoms with Gasteiger partial charge in [-0.05, 0) is 55.0 Å². The van der Waals surface area contributed by atoms with Crippen LogP contribution in [0.3, 0.4) is 0 Å². The second-order valence-corrected chi connectivity index (χ2v) is 4.86. The molecule has 1 heterocycles. The summed E-state index contributed by atoms with van der Waals surface area (Å²) in [7, 11) is 0. The van der Waals surface area contributed by atoms with Crippen LogP contribution in [-0.4, -0.2) is 12.4 Å². The molecule has 0 fully saturated rings. The molecule has 0 spiro atoms. The number of hydrogen-bond acceptors (Lipinski definition) is 2. The van der Waals surface area contributed by atoms with Crippen LogP contribution in [0.25, 0.3) is 0 Å². The van der Waals surface area contributed by atoms with E-state index in [0.717, 1.165) is 24.0 Å². The highest BCUT2D eigenvalue weighted by atomic mass is 16.5. The van der Waals surface area contributed by atoms with E-state index in [4.69, 9.17) is 4.74 Å². The minimum Gasteiger partial charge on any atom is -0.486 e. The standard InChI is InChI=1S/C15H18O2/c1-10-4-5-14-12(3)8-13(6-11(2)9-16)17-15(14)7-10/h4-7,9,12-13H,8H2,1-3H3. The fourth-order valence-corrected chi connectivity index (χ4v) is 2.27. The molecule has 0 saturated heterocycles. The van der Waals surface area contributed by atoms with Crippen LogP contribution < -0.4 is 4.74 Å². The molecule has 2 unspecified atom stereocenters. The molecular weight excluding hydrogens is 212 g/mol. The van der Waals surface area contributed by atoms with E-state index in [1.54, 1.807) is 0 Å². The number of carbonyl (C=O) groups excluding carboxylic acids is 1. The van der Waals surface area contributed by atoms with E-state index >= 15 is 0 Å². The van der Waals surface area contributed by atoms with Gasteiger partial charge >= 0.3 is 0 Å². The van der Waals surface area contributed by atoms with E-state index in [1.807, 2.05) is 13.0 Å². The van der Waals surface area contributed by atoms with Gasteiger partial charge in [0.05, 0.1) is 0 Å². The van der Waals surface area contributed by atoms with E-state index in [9.17, 15) is 4.79 Å². The van der Waals surface area contributed by atoms with Crippen LogP contribution in [0.2, 0.25) is 0 Å². The lowest BCUT2D eigenvalue weighted by Crippen LogP contribution is -2.23. The molecule has 2 atom stereocenters. The molecule has 0 radical (unpaired) electrons. The highest BCUT2D eigenvalue weighted by Crippen LogP contribution is 2.36. The molecule has 17 heavy (non-hydrogen) atoms. The van der Waals surface area contributed by atoms with Crippen molar-refractivity contribution in [2.45, 2.75) is 39.2 Å². The number of hydrogen-bond donors (Lipinski definition) is 0. The van der Waals surface area contributed by atoms with Gasteiger partial charge in [-0.25, -0.2) is 0 Å². The maximum absolute atomic E-state index is 10.6. The molecule has 2 heteroatoms. The Morgan fingerprint density at radius 2 is 2.24 bits per heavy atom. The fraction of sp³-hybridized carbons (Fsp3) is 0.400. The number of allylic oxidation sites excluding steroid dienone is 1. The summed E-state index contributed by atoms with van der Waals surface area (Å²) in [6, 6.07) is 6.33. The molecule has 1 aromatic carbocycles. The molecule has 0 N–H and O–H groups in total. The summed E-state index contributed by atoms with van der Waals surface area (Å²) in [5.41, 5.74) is 3.20. The third-order valence-corrected chi connectivity index (χ3v) is 3.20. The number of benzene rings is 1. The normalized spacial score (nSPS) is 23.8. The quantitative estimate of drug-likeness (QED) is 0.575. The number of carbonyl (C=O) groups is 1. The van der Waals surface area contributed by atoms with E-state index < -0.39 is 0 Å². The fourth-order valence-electron chi connectivity index (χ4n) is 2.27. The van der Waals surface area contributed by atoms with Crippen molar-refractivity contribution in [1.29, 1.82) is 0 Å². The molecular formula is C15H18O2. The first-order valence-electron chi connectivity index (χ1n) is 6.01. The zero-order valence-electron chi connectivity index (χ0n) is 10.6. The third kappa shape index (κ3) is 2.57. The van der Waals surface area contributed by atoms with Gasteiger partial charge in [0, 0.05) is 0 Å². The Morgan fingerprint density at radius 1 is 1.47 bits per heavy atom. The summed E-state index contributed by atoms with van der Waals surface area (Å²) in [5.74, 6) is 1.43. The minimum atomic E-state index is 0.0181. The van der Waals surface area contributed by atoms with Crippen LogP contribution in [0.1, 0.15) is 37.3 Å². The number of aryl methyl sites for hydroxylation is 1. The number of rotatable bonds is 2. The van der Waals surface area contributed by atoms with Crippen molar-refractivity contribution in [3.05, 3.63) is 41.0 Å². The molecule has 1 aliphatic rings. The van der Waals surface area contributed by atoms with Gasteiger partial charge in [0.1, 0.15) is 18.1 Å². The molecule has 0 aliphatic carbocycles. The predicted octanol–water partition coefficient (Wildman–Crippen LogP) is 3.39. The van der Waals surface area contributed by atoms with Crippen LogP contribution in [-0.2, 0) is 4.79 Å². The average Bonchev–Trinajstić information content (AvgIpc) is 2.28. The Morgan fingerprint density at radius 3 is 2.94 bits per heavy atom. The topological polar surface area (TPSA) is 26.3 Å². The first-order chi connectivity index (χ1) is 8.10. The first kappa shape index (κ1) is 11.9. The zero-order valence-corrected chi connectivity index (χ0v) is 10.6. The van der Waals surface area contributed by atoms with Crippen LogP contribution in [0.15, 0.2) is 29.8 Å². The summed E-state index contributed by atoms with van der Waals surface area (Å²) < 4.78 is 5.92. The average molecular weight is 230 g/mol. The lowest BCUT2D eigenvalue weighted by atomic mass is 9.90.